The fraction of sp³-hybridized carbons (Fsp3) is 0.455. The highest BCUT2D eigenvalue weighted by atomic mass is 32.2. The molecule has 1 N–H and O–H groups in total. The summed E-state index contributed by atoms with van der Waals surface area (Å²) in [5.74, 6) is -0.879. The topological polar surface area (TPSA) is 104 Å². The molecule has 3 rings (SSSR count). The molecule has 0 unspecified atom stereocenters. The summed E-state index contributed by atoms with van der Waals surface area (Å²) in [7, 11) is -6.14. The maximum atomic E-state index is 14.4. The number of benzene rings is 2. The van der Waals surface area contributed by atoms with E-state index in [0.29, 0.717) is 5.56 Å². The summed E-state index contributed by atoms with van der Waals surface area (Å²) in [6, 6.07) is 9.72. The third-order valence-corrected chi connectivity index (χ3v) is 9.16. The summed E-state index contributed by atoms with van der Waals surface area (Å²) in [5.41, 5.74) is 0.703. The lowest BCUT2D eigenvalue weighted by atomic mass is 10.0. The summed E-state index contributed by atoms with van der Waals surface area (Å²) >= 11 is 0. The van der Waals surface area contributed by atoms with E-state index in [9.17, 15) is 26.3 Å². The minimum absolute atomic E-state index is 0.00402. The molecular formula is C22H29FN2O6S2. The van der Waals surface area contributed by atoms with Crippen molar-refractivity contribution in [3.8, 4) is 16.9 Å². The fourth-order valence-corrected chi connectivity index (χ4v) is 5.94. The Hall–Kier alpha value is -2.05. The van der Waals surface area contributed by atoms with Gasteiger partial charge in [0.1, 0.15) is 22.6 Å². The van der Waals surface area contributed by atoms with Gasteiger partial charge < -0.3 is 9.84 Å². The first-order chi connectivity index (χ1) is 15.4. The molecule has 0 radical (unpaired) electrons. The van der Waals surface area contributed by atoms with E-state index < -0.39 is 43.9 Å². The number of sulfonamides is 2. The Labute approximate surface area is 194 Å². The lowest BCUT2D eigenvalue weighted by Crippen LogP contribution is -2.50. The van der Waals surface area contributed by atoms with Gasteiger partial charge in [0.2, 0.25) is 20.0 Å². The van der Waals surface area contributed by atoms with Gasteiger partial charge in [0.25, 0.3) is 0 Å². The second-order valence-electron chi connectivity index (χ2n) is 8.42. The van der Waals surface area contributed by atoms with Gasteiger partial charge in [-0.1, -0.05) is 31.2 Å². The molecule has 0 spiro atoms. The Kier molecular flexibility index (Phi) is 7.49. The van der Waals surface area contributed by atoms with Gasteiger partial charge in [0.05, 0.1) is 19.4 Å². The number of hydrogen-bond acceptors (Lipinski definition) is 6. The molecule has 0 bridgehead atoms. The van der Waals surface area contributed by atoms with Gasteiger partial charge >= 0.3 is 0 Å². The van der Waals surface area contributed by atoms with Gasteiger partial charge in [-0.05, 0) is 30.7 Å². The maximum absolute atomic E-state index is 14.4. The minimum atomic E-state index is -4.05. The predicted molar refractivity (Wildman–Crippen MR) is 123 cm³/mol. The Morgan fingerprint density at radius 3 is 2.55 bits per heavy atom. The molecule has 0 amide bonds. The zero-order valence-corrected chi connectivity index (χ0v) is 20.6. The van der Waals surface area contributed by atoms with Gasteiger partial charge in [-0.3, -0.25) is 0 Å². The molecule has 0 aromatic heterocycles. The molecule has 0 fully saturated rings. The molecular weight excluding hydrogens is 471 g/mol. The quantitative estimate of drug-likeness (QED) is 0.652. The maximum Gasteiger partial charge on any atom is 0.247 e. The second-order valence-corrected chi connectivity index (χ2v) is 12.4. The molecule has 33 heavy (non-hydrogen) atoms. The van der Waals surface area contributed by atoms with Crippen molar-refractivity contribution in [1.29, 1.82) is 0 Å². The molecule has 2 aromatic rings. The standard InChI is InChI=1S/C22H29FN2O6S2/c1-15-12-25(16(2)14-26)33(29,30)22-10-9-17(18-7-5-6-8-19(18)23)11-20(22)31-21(15)13-24(3)32(4,27)28/h5-11,15-16,21,26H,12-14H2,1-4H3/t15-,16+,21-/m0/s1. The van der Waals surface area contributed by atoms with Gasteiger partial charge in [0, 0.05) is 31.1 Å². The third-order valence-electron chi connectivity index (χ3n) is 5.86. The number of likely N-dealkylation sites (N-methyl/N-ethyl adjacent to an activating group) is 1. The predicted octanol–water partition coefficient (Wildman–Crippen LogP) is 2.15. The molecule has 0 aliphatic carbocycles. The summed E-state index contributed by atoms with van der Waals surface area (Å²) in [6.45, 7) is 2.99. The second kappa shape index (κ2) is 9.67. The van der Waals surface area contributed by atoms with Crippen LogP contribution in [-0.2, 0) is 20.0 Å². The fourth-order valence-electron chi connectivity index (χ4n) is 3.70. The van der Waals surface area contributed by atoms with Crippen LogP contribution in [0.15, 0.2) is 47.4 Å². The molecule has 0 saturated carbocycles. The number of hydrogen-bond donors (Lipinski definition) is 1. The Balaban J connectivity index is 2.17. The van der Waals surface area contributed by atoms with E-state index in [1.807, 2.05) is 0 Å². The van der Waals surface area contributed by atoms with E-state index in [1.54, 1.807) is 32.0 Å². The van der Waals surface area contributed by atoms with E-state index in [4.69, 9.17) is 4.74 Å². The first-order valence-corrected chi connectivity index (χ1v) is 13.7. The van der Waals surface area contributed by atoms with Crippen molar-refractivity contribution in [3.05, 3.63) is 48.3 Å². The van der Waals surface area contributed by atoms with Crippen molar-refractivity contribution in [2.24, 2.45) is 5.92 Å². The van der Waals surface area contributed by atoms with E-state index >= 15 is 0 Å². The highest BCUT2D eigenvalue weighted by Crippen LogP contribution is 2.37. The van der Waals surface area contributed by atoms with Crippen molar-refractivity contribution in [2.75, 3.05) is 33.0 Å². The van der Waals surface area contributed by atoms with Crippen LogP contribution in [0.4, 0.5) is 4.39 Å². The molecule has 3 atom stereocenters. The van der Waals surface area contributed by atoms with Crippen LogP contribution in [0.25, 0.3) is 11.1 Å². The molecule has 11 heteroatoms. The van der Waals surface area contributed by atoms with Crippen LogP contribution in [0, 0.1) is 11.7 Å². The van der Waals surface area contributed by atoms with E-state index in [0.717, 1.165) is 10.6 Å². The first-order valence-electron chi connectivity index (χ1n) is 10.5. The summed E-state index contributed by atoms with van der Waals surface area (Å²) in [5, 5.41) is 9.69. The van der Waals surface area contributed by atoms with Crippen LogP contribution >= 0.6 is 0 Å². The Morgan fingerprint density at radius 2 is 1.94 bits per heavy atom. The van der Waals surface area contributed by atoms with Gasteiger partial charge in [-0.2, -0.15) is 4.31 Å². The van der Waals surface area contributed by atoms with Crippen LogP contribution < -0.4 is 4.74 Å². The zero-order chi connectivity index (χ0) is 24.6. The normalized spacial score (nSPS) is 22.2. The summed E-state index contributed by atoms with van der Waals surface area (Å²) in [4.78, 5) is -0.123. The van der Waals surface area contributed by atoms with E-state index in [-0.39, 0.29) is 35.9 Å². The summed E-state index contributed by atoms with van der Waals surface area (Å²) < 4.78 is 73.8. The number of halogens is 1. The number of rotatable bonds is 6. The van der Waals surface area contributed by atoms with E-state index in [1.165, 1.54) is 35.6 Å². The molecule has 182 valence electrons. The highest BCUT2D eigenvalue weighted by molar-refractivity contribution is 7.89. The minimum Gasteiger partial charge on any atom is -0.487 e. The lowest BCUT2D eigenvalue weighted by Gasteiger charge is -2.37. The van der Waals surface area contributed by atoms with Crippen LogP contribution in [-0.4, -0.2) is 75.7 Å². The Morgan fingerprint density at radius 1 is 1.27 bits per heavy atom. The van der Waals surface area contributed by atoms with Crippen LogP contribution in [0.1, 0.15) is 13.8 Å². The SMILES string of the molecule is C[C@H](CO)N1C[C@H](C)[C@H](CN(C)S(C)(=O)=O)Oc2cc(-c3ccccc3F)ccc2S1(=O)=O. The van der Waals surface area contributed by atoms with Gasteiger partial charge in [-0.25, -0.2) is 25.5 Å². The monoisotopic (exact) mass is 500 g/mol. The van der Waals surface area contributed by atoms with Crippen LogP contribution in [0.5, 0.6) is 5.75 Å². The van der Waals surface area contributed by atoms with Crippen molar-refractivity contribution >= 4 is 20.0 Å². The highest BCUT2D eigenvalue weighted by Gasteiger charge is 2.38. The molecule has 0 saturated heterocycles. The van der Waals surface area contributed by atoms with Crippen LogP contribution in [0.3, 0.4) is 0 Å². The molecule has 1 aliphatic heterocycles. The molecule has 1 heterocycles. The smallest absolute Gasteiger partial charge is 0.247 e. The number of ether oxygens (including phenoxy) is 1. The number of fused-ring (bicyclic) bond motifs is 1. The largest absolute Gasteiger partial charge is 0.487 e. The van der Waals surface area contributed by atoms with Crippen molar-refractivity contribution in [1.82, 2.24) is 8.61 Å². The summed E-state index contributed by atoms with van der Waals surface area (Å²) in [6.07, 6.45) is 0.387. The molecule has 8 nitrogen and oxygen atoms in total. The number of aliphatic hydroxyl groups excluding tert-OH is 1. The van der Waals surface area contributed by atoms with E-state index in [2.05, 4.69) is 0 Å². The van der Waals surface area contributed by atoms with Crippen molar-refractivity contribution in [2.45, 2.75) is 30.9 Å². The van der Waals surface area contributed by atoms with Gasteiger partial charge in [-0.15, -0.1) is 0 Å². The van der Waals surface area contributed by atoms with Crippen molar-refractivity contribution in [3.63, 3.8) is 0 Å². The average molecular weight is 501 g/mol. The zero-order valence-electron chi connectivity index (χ0n) is 19.0. The third kappa shape index (κ3) is 5.38. The lowest BCUT2D eigenvalue weighted by molar-refractivity contribution is 0.0906. The first kappa shape index (κ1) is 25.6. The average Bonchev–Trinajstić information content (AvgIpc) is 2.75. The molecule has 2 aromatic carbocycles. The van der Waals surface area contributed by atoms with Crippen LogP contribution in [0.2, 0.25) is 0 Å². The number of aliphatic hydroxyl groups is 1. The molecule has 1 aliphatic rings. The Bertz CT molecular complexity index is 1220. The van der Waals surface area contributed by atoms with Crippen molar-refractivity contribution < 1.29 is 31.1 Å². The van der Waals surface area contributed by atoms with Gasteiger partial charge in [0.15, 0.2) is 0 Å². The number of nitrogens with zero attached hydrogens (tertiary/aromatic N) is 2.